The normalized spacial score (nSPS) is 19.7. The standard InChI is InChI=1S/C46H38N4/c1-32-18-15-16-28-38(32)40-30-39(47-45(48-40)36-25-13-6-14-26-36)37-27-17-29-46(2,31-37)44-43(35-23-11-5-12-24-35)49-41(33-19-7-3-8-20-33)42(50-44)34-21-9-4-10-22-34/h3-28,30-32,38H,29H2,1-2H3. The molecule has 8 rings (SSSR count). The fraction of sp³-hybridized carbons (Fsp3) is 0.130. The molecule has 2 aliphatic rings. The molecular weight excluding hydrogens is 609 g/mol. The van der Waals surface area contributed by atoms with Crippen molar-refractivity contribution in [2.45, 2.75) is 31.6 Å². The van der Waals surface area contributed by atoms with Crippen LogP contribution in [0.4, 0.5) is 0 Å². The quantitative estimate of drug-likeness (QED) is 0.173. The fourth-order valence-corrected chi connectivity index (χ4v) is 7.02. The minimum Gasteiger partial charge on any atom is -0.247 e. The summed E-state index contributed by atoms with van der Waals surface area (Å²) in [7, 11) is 0. The summed E-state index contributed by atoms with van der Waals surface area (Å²) < 4.78 is 0. The molecule has 3 atom stereocenters. The minimum atomic E-state index is -0.472. The first kappa shape index (κ1) is 31.3. The maximum absolute atomic E-state index is 5.59. The third-order valence-electron chi connectivity index (χ3n) is 9.72. The Labute approximate surface area is 294 Å². The predicted molar refractivity (Wildman–Crippen MR) is 205 cm³/mol. The zero-order chi connectivity index (χ0) is 33.9. The van der Waals surface area contributed by atoms with Crippen LogP contribution in [0.1, 0.15) is 43.3 Å². The molecule has 0 fully saturated rings. The lowest BCUT2D eigenvalue weighted by Crippen LogP contribution is -2.25. The van der Waals surface area contributed by atoms with Gasteiger partial charge in [-0.3, -0.25) is 0 Å². The molecule has 0 saturated heterocycles. The molecular formula is C46H38N4. The molecule has 0 aliphatic heterocycles. The summed E-state index contributed by atoms with van der Waals surface area (Å²) in [5.41, 5.74) is 10.2. The summed E-state index contributed by atoms with van der Waals surface area (Å²) >= 11 is 0. The van der Waals surface area contributed by atoms with Crippen LogP contribution in [0.3, 0.4) is 0 Å². The van der Waals surface area contributed by atoms with E-state index in [1.165, 1.54) is 0 Å². The number of hydrogen-bond acceptors (Lipinski definition) is 4. The van der Waals surface area contributed by atoms with E-state index in [0.717, 1.165) is 74.2 Å². The highest BCUT2D eigenvalue weighted by Gasteiger charge is 2.34. The summed E-state index contributed by atoms with van der Waals surface area (Å²) in [6.07, 6.45) is 16.3. The highest BCUT2D eigenvalue weighted by Crippen LogP contribution is 2.43. The Bertz CT molecular complexity index is 2250. The van der Waals surface area contributed by atoms with Gasteiger partial charge in [-0.2, -0.15) is 0 Å². The number of benzene rings is 4. The smallest absolute Gasteiger partial charge is 0.160 e. The molecule has 6 aromatic rings. The highest BCUT2D eigenvalue weighted by atomic mass is 14.9. The molecule has 0 N–H and O–H groups in total. The van der Waals surface area contributed by atoms with Gasteiger partial charge in [-0.15, -0.1) is 0 Å². The van der Waals surface area contributed by atoms with E-state index in [-0.39, 0.29) is 5.92 Å². The van der Waals surface area contributed by atoms with E-state index < -0.39 is 5.41 Å². The topological polar surface area (TPSA) is 51.6 Å². The second-order valence-electron chi connectivity index (χ2n) is 13.4. The Morgan fingerprint density at radius 3 is 1.72 bits per heavy atom. The lowest BCUT2D eigenvalue weighted by atomic mass is 9.76. The Balaban J connectivity index is 1.33. The summed E-state index contributed by atoms with van der Waals surface area (Å²) in [4.78, 5) is 21.4. The van der Waals surface area contributed by atoms with Crippen LogP contribution in [-0.2, 0) is 5.41 Å². The monoisotopic (exact) mass is 646 g/mol. The van der Waals surface area contributed by atoms with E-state index in [2.05, 4.69) is 147 Å². The molecule has 4 aromatic carbocycles. The lowest BCUT2D eigenvalue weighted by Gasteiger charge is -2.31. The van der Waals surface area contributed by atoms with Gasteiger partial charge in [0.2, 0.25) is 0 Å². The third kappa shape index (κ3) is 6.17. The van der Waals surface area contributed by atoms with Gasteiger partial charge >= 0.3 is 0 Å². The van der Waals surface area contributed by atoms with E-state index in [4.69, 9.17) is 19.9 Å². The van der Waals surface area contributed by atoms with Crippen molar-refractivity contribution in [1.82, 2.24) is 19.9 Å². The summed E-state index contributed by atoms with van der Waals surface area (Å²) in [5, 5.41) is 0. The molecule has 242 valence electrons. The Hall–Kier alpha value is -6.00. The molecule has 3 unspecified atom stereocenters. The fourth-order valence-electron chi connectivity index (χ4n) is 7.02. The molecule has 4 heteroatoms. The van der Waals surface area contributed by atoms with Crippen LogP contribution in [0.2, 0.25) is 0 Å². The lowest BCUT2D eigenvalue weighted by molar-refractivity contribution is 0.581. The highest BCUT2D eigenvalue weighted by molar-refractivity contribution is 5.82. The van der Waals surface area contributed by atoms with Crippen molar-refractivity contribution in [3.63, 3.8) is 0 Å². The first-order valence-electron chi connectivity index (χ1n) is 17.3. The number of nitrogens with zero attached hydrogens (tertiary/aromatic N) is 4. The van der Waals surface area contributed by atoms with E-state index in [9.17, 15) is 0 Å². The van der Waals surface area contributed by atoms with E-state index >= 15 is 0 Å². The first-order chi connectivity index (χ1) is 24.6. The first-order valence-corrected chi connectivity index (χ1v) is 17.3. The zero-order valence-electron chi connectivity index (χ0n) is 28.3. The van der Waals surface area contributed by atoms with Crippen LogP contribution in [0.5, 0.6) is 0 Å². The van der Waals surface area contributed by atoms with Crippen molar-refractivity contribution in [3.8, 4) is 45.2 Å². The van der Waals surface area contributed by atoms with Gasteiger partial charge in [0.25, 0.3) is 0 Å². The maximum atomic E-state index is 5.59. The molecule has 0 bridgehead atoms. The van der Waals surface area contributed by atoms with Crippen molar-refractivity contribution >= 4 is 5.57 Å². The van der Waals surface area contributed by atoms with Crippen molar-refractivity contribution < 1.29 is 0 Å². The van der Waals surface area contributed by atoms with Gasteiger partial charge in [-0.1, -0.05) is 178 Å². The number of hydrogen-bond donors (Lipinski definition) is 0. The number of aromatic nitrogens is 4. The molecule has 0 radical (unpaired) electrons. The predicted octanol–water partition coefficient (Wildman–Crippen LogP) is 11.1. The summed E-state index contributed by atoms with van der Waals surface area (Å²) in [6, 6.07) is 43.7. The zero-order valence-corrected chi connectivity index (χ0v) is 28.3. The van der Waals surface area contributed by atoms with Gasteiger partial charge in [0.05, 0.1) is 34.2 Å². The molecule has 2 aromatic heterocycles. The van der Waals surface area contributed by atoms with Crippen LogP contribution in [0.25, 0.3) is 50.7 Å². The second-order valence-corrected chi connectivity index (χ2v) is 13.4. The Kier molecular flexibility index (Phi) is 8.44. The van der Waals surface area contributed by atoms with Crippen LogP contribution in [0.15, 0.2) is 170 Å². The van der Waals surface area contributed by atoms with E-state index in [0.29, 0.717) is 5.92 Å². The van der Waals surface area contributed by atoms with Gasteiger partial charge in [-0.25, -0.2) is 19.9 Å². The number of allylic oxidation sites excluding steroid dienone is 8. The molecule has 0 amide bonds. The molecule has 50 heavy (non-hydrogen) atoms. The van der Waals surface area contributed by atoms with Gasteiger partial charge in [0.1, 0.15) is 0 Å². The van der Waals surface area contributed by atoms with Gasteiger partial charge in [-0.05, 0) is 24.0 Å². The maximum Gasteiger partial charge on any atom is 0.160 e. The number of rotatable bonds is 7. The molecule has 2 heterocycles. The Morgan fingerprint density at radius 2 is 1.12 bits per heavy atom. The summed E-state index contributed by atoms with van der Waals surface area (Å²) in [5.74, 6) is 1.23. The SMILES string of the molecule is CC1C=CC=CC1c1cc(C2=CC(C)(c3nc(-c4ccccc4)c(-c4ccccc4)nc3-c3ccccc3)CC=C2)nc(-c2ccccc2)n1. The van der Waals surface area contributed by atoms with Crippen molar-refractivity contribution in [2.75, 3.05) is 0 Å². The summed E-state index contributed by atoms with van der Waals surface area (Å²) in [6.45, 7) is 4.53. The second kappa shape index (κ2) is 13.5. The molecule has 0 saturated carbocycles. The average molecular weight is 647 g/mol. The Morgan fingerprint density at radius 1 is 0.580 bits per heavy atom. The minimum absolute atomic E-state index is 0.165. The molecule has 2 aliphatic carbocycles. The van der Waals surface area contributed by atoms with Crippen molar-refractivity contribution in [1.29, 1.82) is 0 Å². The van der Waals surface area contributed by atoms with Gasteiger partial charge in [0.15, 0.2) is 5.82 Å². The molecule has 4 nitrogen and oxygen atoms in total. The van der Waals surface area contributed by atoms with E-state index in [1.807, 2.05) is 36.4 Å². The average Bonchev–Trinajstić information content (AvgIpc) is 3.19. The van der Waals surface area contributed by atoms with Gasteiger partial charge < -0.3 is 0 Å². The van der Waals surface area contributed by atoms with Crippen LogP contribution in [0, 0.1) is 5.92 Å². The van der Waals surface area contributed by atoms with Crippen LogP contribution >= 0.6 is 0 Å². The van der Waals surface area contributed by atoms with Crippen LogP contribution < -0.4 is 0 Å². The van der Waals surface area contributed by atoms with Crippen molar-refractivity contribution in [2.24, 2.45) is 5.92 Å². The van der Waals surface area contributed by atoms with Crippen molar-refractivity contribution in [3.05, 3.63) is 187 Å². The van der Waals surface area contributed by atoms with Crippen LogP contribution in [-0.4, -0.2) is 19.9 Å². The van der Waals surface area contributed by atoms with Gasteiger partial charge in [0, 0.05) is 33.6 Å². The third-order valence-corrected chi connectivity index (χ3v) is 9.72. The molecule has 0 spiro atoms. The largest absolute Gasteiger partial charge is 0.247 e. The van der Waals surface area contributed by atoms with E-state index in [1.54, 1.807) is 0 Å².